The Morgan fingerprint density at radius 1 is 0.786 bits per heavy atom. The SMILES string of the molecule is CCCCOc1ccc(C(=O)Nc2ccc(S(=O)(=O)N3CCN(C(c4ccccc4)c4ccccc4)CC3)cc2)cc1. The summed E-state index contributed by atoms with van der Waals surface area (Å²) in [5, 5.41) is 2.84. The van der Waals surface area contributed by atoms with Crippen molar-refractivity contribution in [3.63, 3.8) is 0 Å². The second kappa shape index (κ2) is 13.8. The summed E-state index contributed by atoms with van der Waals surface area (Å²) in [5.41, 5.74) is 3.40. The summed E-state index contributed by atoms with van der Waals surface area (Å²) in [7, 11) is -3.67. The Labute approximate surface area is 248 Å². The molecule has 4 aromatic carbocycles. The number of rotatable bonds is 11. The van der Waals surface area contributed by atoms with Gasteiger partial charge in [-0.2, -0.15) is 4.31 Å². The maximum atomic E-state index is 13.5. The molecule has 7 nitrogen and oxygen atoms in total. The van der Waals surface area contributed by atoms with Gasteiger partial charge in [-0.15, -0.1) is 0 Å². The molecule has 4 aromatic rings. The number of ether oxygens (including phenoxy) is 1. The lowest BCUT2D eigenvalue weighted by Crippen LogP contribution is -2.49. The van der Waals surface area contributed by atoms with E-state index in [1.165, 1.54) is 11.1 Å². The summed E-state index contributed by atoms with van der Waals surface area (Å²) in [6.07, 6.45) is 2.04. The van der Waals surface area contributed by atoms with Crippen LogP contribution < -0.4 is 10.1 Å². The molecule has 1 N–H and O–H groups in total. The first-order valence-electron chi connectivity index (χ1n) is 14.4. The van der Waals surface area contributed by atoms with E-state index in [-0.39, 0.29) is 16.8 Å². The van der Waals surface area contributed by atoms with Gasteiger partial charge in [0.2, 0.25) is 10.0 Å². The highest BCUT2D eigenvalue weighted by molar-refractivity contribution is 7.89. The predicted octanol–water partition coefficient (Wildman–Crippen LogP) is 6.21. The molecule has 0 aliphatic carbocycles. The van der Waals surface area contributed by atoms with Gasteiger partial charge in [0, 0.05) is 37.4 Å². The van der Waals surface area contributed by atoms with Crippen molar-refractivity contribution < 1.29 is 17.9 Å². The molecule has 1 aliphatic heterocycles. The first-order chi connectivity index (χ1) is 20.5. The van der Waals surface area contributed by atoms with Crippen LogP contribution in [-0.4, -0.2) is 56.3 Å². The van der Waals surface area contributed by atoms with E-state index in [0.717, 1.165) is 18.6 Å². The number of sulfonamides is 1. The average molecular weight is 584 g/mol. The predicted molar refractivity (Wildman–Crippen MR) is 166 cm³/mol. The monoisotopic (exact) mass is 583 g/mol. The fourth-order valence-electron chi connectivity index (χ4n) is 5.19. The maximum absolute atomic E-state index is 13.5. The molecular weight excluding hydrogens is 546 g/mol. The van der Waals surface area contributed by atoms with Gasteiger partial charge in [0.05, 0.1) is 17.5 Å². The van der Waals surface area contributed by atoms with Crippen molar-refractivity contribution in [1.29, 1.82) is 0 Å². The van der Waals surface area contributed by atoms with E-state index >= 15 is 0 Å². The molecule has 0 saturated carbocycles. The van der Waals surface area contributed by atoms with Crippen LogP contribution in [0, 0.1) is 0 Å². The van der Waals surface area contributed by atoms with Gasteiger partial charge in [-0.1, -0.05) is 74.0 Å². The lowest BCUT2D eigenvalue weighted by Gasteiger charge is -2.39. The van der Waals surface area contributed by atoms with Crippen molar-refractivity contribution in [2.24, 2.45) is 0 Å². The van der Waals surface area contributed by atoms with Crippen molar-refractivity contribution >= 4 is 21.6 Å². The quantitative estimate of drug-likeness (QED) is 0.212. The molecule has 1 saturated heterocycles. The molecule has 42 heavy (non-hydrogen) atoms. The summed E-state index contributed by atoms with van der Waals surface area (Å²) in [4.78, 5) is 15.3. The number of unbranched alkanes of at least 4 members (excludes halogenated alkanes) is 1. The molecule has 0 unspecified atom stereocenters. The largest absolute Gasteiger partial charge is 0.494 e. The van der Waals surface area contributed by atoms with Gasteiger partial charge in [-0.25, -0.2) is 8.42 Å². The van der Waals surface area contributed by atoms with Gasteiger partial charge >= 0.3 is 0 Å². The molecule has 218 valence electrons. The average Bonchev–Trinajstić information content (AvgIpc) is 3.03. The van der Waals surface area contributed by atoms with E-state index in [9.17, 15) is 13.2 Å². The van der Waals surface area contributed by atoms with E-state index in [1.807, 2.05) is 36.4 Å². The third-order valence-corrected chi connectivity index (χ3v) is 9.41. The molecule has 1 aliphatic rings. The van der Waals surface area contributed by atoms with Gasteiger partial charge in [0.15, 0.2) is 0 Å². The number of benzene rings is 4. The molecule has 1 fully saturated rings. The number of anilines is 1. The Balaban J connectivity index is 1.20. The van der Waals surface area contributed by atoms with Crippen molar-refractivity contribution in [2.45, 2.75) is 30.7 Å². The standard InChI is InChI=1S/C34H37N3O4S/c1-2-3-26-41-31-18-14-29(15-19-31)34(38)35-30-16-20-32(21-17-30)42(39,40)37-24-22-36(23-25-37)33(27-10-6-4-7-11-27)28-12-8-5-9-13-28/h4-21,33H,2-3,22-26H2,1H3,(H,35,38). The van der Waals surface area contributed by atoms with Gasteiger partial charge in [0.25, 0.3) is 5.91 Å². The van der Waals surface area contributed by atoms with Gasteiger partial charge in [-0.3, -0.25) is 9.69 Å². The molecule has 1 heterocycles. The van der Waals surface area contributed by atoms with Gasteiger partial charge in [0.1, 0.15) is 5.75 Å². The number of piperazine rings is 1. The molecule has 5 rings (SSSR count). The first kappa shape index (κ1) is 29.5. The molecule has 0 aromatic heterocycles. The molecule has 0 atom stereocenters. The topological polar surface area (TPSA) is 78.9 Å². The minimum Gasteiger partial charge on any atom is -0.494 e. The zero-order valence-electron chi connectivity index (χ0n) is 23.9. The summed E-state index contributed by atoms with van der Waals surface area (Å²) in [6, 6.07) is 34.1. The number of hydrogen-bond donors (Lipinski definition) is 1. The summed E-state index contributed by atoms with van der Waals surface area (Å²) in [5.74, 6) is 0.458. The summed E-state index contributed by atoms with van der Waals surface area (Å²) >= 11 is 0. The summed E-state index contributed by atoms with van der Waals surface area (Å²) < 4.78 is 34.2. The van der Waals surface area contributed by atoms with Gasteiger partial charge < -0.3 is 10.1 Å². The zero-order valence-corrected chi connectivity index (χ0v) is 24.7. The van der Waals surface area contributed by atoms with Crippen LogP contribution in [-0.2, 0) is 10.0 Å². The fourth-order valence-corrected chi connectivity index (χ4v) is 6.61. The van der Waals surface area contributed by atoms with Crippen LogP contribution in [0.25, 0.3) is 0 Å². The fraction of sp³-hybridized carbons (Fsp3) is 0.265. The Kier molecular flexibility index (Phi) is 9.69. The molecule has 0 radical (unpaired) electrons. The highest BCUT2D eigenvalue weighted by Gasteiger charge is 2.32. The highest BCUT2D eigenvalue weighted by Crippen LogP contribution is 2.30. The maximum Gasteiger partial charge on any atom is 0.255 e. The van der Waals surface area contributed by atoms with E-state index < -0.39 is 10.0 Å². The normalized spacial score (nSPS) is 14.5. The van der Waals surface area contributed by atoms with E-state index in [2.05, 4.69) is 41.4 Å². The zero-order chi connectivity index (χ0) is 29.4. The van der Waals surface area contributed by atoms with Crippen molar-refractivity contribution in [2.75, 3.05) is 38.1 Å². The second-order valence-electron chi connectivity index (χ2n) is 10.4. The van der Waals surface area contributed by atoms with Crippen LogP contribution in [0.15, 0.2) is 114 Å². The van der Waals surface area contributed by atoms with E-state index in [1.54, 1.807) is 52.8 Å². The third kappa shape index (κ3) is 7.07. The number of carbonyl (C=O) groups is 1. The molecule has 8 heteroatoms. The number of hydrogen-bond acceptors (Lipinski definition) is 5. The van der Waals surface area contributed by atoms with Gasteiger partial charge in [-0.05, 0) is 66.1 Å². The Hall–Kier alpha value is -3.98. The highest BCUT2D eigenvalue weighted by atomic mass is 32.2. The molecule has 0 bridgehead atoms. The van der Waals surface area contributed by atoms with Crippen LogP contribution in [0.4, 0.5) is 5.69 Å². The van der Waals surface area contributed by atoms with Crippen LogP contribution in [0.1, 0.15) is 47.3 Å². The number of carbonyl (C=O) groups excluding carboxylic acids is 1. The minimum atomic E-state index is -3.67. The number of nitrogens with one attached hydrogen (secondary N) is 1. The lowest BCUT2D eigenvalue weighted by atomic mass is 9.96. The minimum absolute atomic E-state index is 0.0601. The van der Waals surface area contributed by atoms with Crippen molar-refractivity contribution in [3.8, 4) is 5.75 Å². The van der Waals surface area contributed by atoms with Crippen LogP contribution in [0.3, 0.4) is 0 Å². The number of amides is 1. The van der Waals surface area contributed by atoms with Crippen LogP contribution in [0.5, 0.6) is 5.75 Å². The lowest BCUT2D eigenvalue weighted by molar-refractivity contribution is 0.102. The van der Waals surface area contributed by atoms with Crippen LogP contribution in [0.2, 0.25) is 0 Å². The first-order valence-corrected chi connectivity index (χ1v) is 15.9. The van der Waals surface area contributed by atoms with Crippen molar-refractivity contribution in [1.82, 2.24) is 9.21 Å². The Morgan fingerprint density at radius 2 is 1.36 bits per heavy atom. The second-order valence-corrected chi connectivity index (χ2v) is 12.3. The summed E-state index contributed by atoms with van der Waals surface area (Å²) in [6.45, 7) is 4.78. The Morgan fingerprint density at radius 3 is 1.90 bits per heavy atom. The molecule has 1 amide bonds. The van der Waals surface area contributed by atoms with Crippen LogP contribution >= 0.6 is 0 Å². The van der Waals surface area contributed by atoms with E-state index in [4.69, 9.17) is 4.74 Å². The molecular formula is C34H37N3O4S. The molecule has 0 spiro atoms. The van der Waals surface area contributed by atoms with E-state index in [0.29, 0.717) is 44.0 Å². The number of nitrogens with zero attached hydrogens (tertiary/aromatic N) is 2. The Bertz CT molecular complexity index is 1500. The smallest absolute Gasteiger partial charge is 0.255 e. The third-order valence-electron chi connectivity index (χ3n) is 7.50. The van der Waals surface area contributed by atoms with Crippen molar-refractivity contribution in [3.05, 3.63) is 126 Å².